The molecule has 4 rings (SSSR count). The Morgan fingerprint density at radius 3 is 2.38 bits per heavy atom. The fourth-order valence-electron chi connectivity index (χ4n) is 3.46. The van der Waals surface area contributed by atoms with Crippen LogP contribution < -0.4 is 10.1 Å². The van der Waals surface area contributed by atoms with Crippen molar-refractivity contribution in [3.8, 4) is 17.6 Å². The van der Waals surface area contributed by atoms with Crippen LogP contribution in [0.15, 0.2) is 72.8 Å². The Morgan fingerprint density at radius 1 is 0.846 bits per heavy atom. The largest absolute Gasteiger partial charge is 0.497 e. The minimum atomic E-state index is 0.196. The normalized spacial score (nSPS) is 15.5. The Labute approximate surface area is 154 Å². The lowest BCUT2D eigenvalue weighted by atomic mass is 9.88. The Bertz CT molecular complexity index is 963. The summed E-state index contributed by atoms with van der Waals surface area (Å²) in [5.74, 6) is 7.49. The molecule has 128 valence electrons. The van der Waals surface area contributed by atoms with Gasteiger partial charge >= 0.3 is 0 Å². The summed E-state index contributed by atoms with van der Waals surface area (Å²) in [7, 11) is 1.67. The maximum Gasteiger partial charge on any atom is 0.118 e. The van der Waals surface area contributed by atoms with Gasteiger partial charge in [0.15, 0.2) is 0 Å². The van der Waals surface area contributed by atoms with Crippen LogP contribution in [0.4, 0.5) is 0 Å². The van der Waals surface area contributed by atoms with Crippen LogP contribution in [0.5, 0.6) is 5.75 Å². The van der Waals surface area contributed by atoms with Gasteiger partial charge in [0.25, 0.3) is 0 Å². The molecule has 3 aromatic carbocycles. The van der Waals surface area contributed by atoms with E-state index in [1.54, 1.807) is 7.11 Å². The van der Waals surface area contributed by atoms with Crippen molar-refractivity contribution in [2.75, 3.05) is 13.7 Å². The van der Waals surface area contributed by atoms with Gasteiger partial charge < -0.3 is 10.1 Å². The number of rotatable bonds is 2. The highest BCUT2D eigenvalue weighted by Gasteiger charge is 2.22. The minimum Gasteiger partial charge on any atom is -0.497 e. The quantitative estimate of drug-likeness (QED) is 0.702. The van der Waals surface area contributed by atoms with Gasteiger partial charge in [-0.3, -0.25) is 0 Å². The second kappa shape index (κ2) is 7.47. The molecule has 0 spiro atoms. The third-order valence-corrected chi connectivity index (χ3v) is 4.81. The van der Waals surface area contributed by atoms with Gasteiger partial charge in [0.1, 0.15) is 5.75 Å². The van der Waals surface area contributed by atoms with Crippen LogP contribution in [0.2, 0.25) is 0 Å². The van der Waals surface area contributed by atoms with Crippen molar-refractivity contribution in [2.45, 2.75) is 12.5 Å². The molecule has 0 aliphatic carbocycles. The van der Waals surface area contributed by atoms with E-state index in [-0.39, 0.29) is 6.04 Å². The first-order valence-electron chi connectivity index (χ1n) is 8.91. The predicted octanol–water partition coefficient (Wildman–Crippen LogP) is 4.33. The molecule has 2 nitrogen and oxygen atoms in total. The predicted molar refractivity (Wildman–Crippen MR) is 105 cm³/mol. The summed E-state index contributed by atoms with van der Waals surface area (Å²) in [5, 5.41) is 3.66. The summed E-state index contributed by atoms with van der Waals surface area (Å²) in [6.07, 6.45) is 1.08. The van der Waals surface area contributed by atoms with Crippen LogP contribution >= 0.6 is 0 Å². The summed E-state index contributed by atoms with van der Waals surface area (Å²) in [6.45, 7) is 0.988. The number of fused-ring (bicyclic) bond motifs is 1. The van der Waals surface area contributed by atoms with E-state index in [9.17, 15) is 0 Å². The van der Waals surface area contributed by atoms with Crippen molar-refractivity contribution in [3.63, 3.8) is 0 Å². The zero-order valence-corrected chi connectivity index (χ0v) is 14.8. The molecule has 0 fully saturated rings. The van der Waals surface area contributed by atoms with Crippen molar-refractivity contribution in [3.05, 3.63) is 101 Å². The molecule has 1 unspecified atom stereocenters. The summed E-state index contributed by atoms with van der Waals surface area (Å²) in [4.78, 5) is 0. The molecule has 1 aliphatic rings. The molecule has 0 saturated heterocycles. The number of hydrogen-bond acceptors (Lipinski definition) is 2. The molecule has 0 bridgehead atoms. The minimum absolute atomic E-state index is 0.196. The average molecular weight is 339 g/mol. The van der Waals surface area contributed by atoms with Gasteiger partial charge in [-0.2, -0.15) is 0 Å². The molecule has 26 heavy (non-hydrogen) atoms. The smallest absolute Gasteiger partial charge is 0.118 e. The van der Waals surface area contributed by atoms with Crippen molar-refractivity contribution in [2.24, 2.45) is 0 Å². The van der Waals surface area contributed by atoms with E-state index >= 15 is 0 Å². The number of methoxy groups -OCH3 is 1. The van der Waals surface area contributed by atoms with Gasteiger partial charge in [-0.25, -0.2) is 0 Å². The zero-order chi connectivity index (χ0) is 17.8. The Morgan fingerprint density at radius 2 is 1.58 bits per heavy atom. The lowest BCUT2D eigenvalue weighted by molar-refractivity contribution is 0.415. The molecule has 0 amide bonds. The molecule has 0 aromatic heterocycles. The Kier molecular flexibility index (Phi) is 4.73. The van der Waals surface area contributed by atoms with Crippen molar-refractivity contribution in [1.82, 2.24) is 5.32 Å². The number of benzene rings is 3. The number of ether oxygens (including phenoxy) is 1. The highest BCUT2D eigenvalue weighted by atomic mass is 16.5. The Hall–Kier alpha value is -3.02. The van der Waals surface area contributed by atoms with Crippen LogP contribution in [-0.4, -0.2) is 13.7 Å². The SMILES string of the molecule is COc1ccc(C#Cc2ccccc2C2NCCc3ccccc32)cc1. The first-order valence-corrected chi connectivity index (χ1v) is 8.91. The first kappa shape index (κ1) is 16.4. The molecule has 1 atom stereocenters. The summed E-state index contributed by atoms with van der Waals surface area (Å²) in [6, 6.07) is 25.2. The molecule has 2 heteroatoms. The van der Waals surface area contributed by atoms with Gasteiger partial charge in [-0.05, 0) is 53.4 Å². The molecule has 1 heterocycles. The second-order valence-electron chi connectivity index (χ2n) is 6.40. The van der Waals surface area contributed by atoms with Crippen LogP contribution in [0.25, 0.3) is 0 Å². The Balaban J connectivity index is 1.69. The monoisotopic (exact) mass is 339 g/mol. The van der Waals surface area contributed by atoms with E-state index in [2.05, 4.69) is 65.7 Å². The van der Waals surface area contributed by atoms with E-state index < -0.39 is 0 Å². The molecule has 0 radical (unpaired) electrons. The molecular formula is C24H21NO. The van der Waals surface area contributed by atoms with Gasteiger partial charge in [-0.15, -0.1) is 0 Å². The molecule has 1 N–H and O–H groups in total. The van der Waals surface area contributed by atoms with Crippen LogP contribution in [-0.2, 0) is 6.42 Å². The number of hydrogen-bond donors (Lipinski definition) is 1. The van der Waals surface area contributed by atoms with Crippen LogP contribution in [0, 0.1) is 11.8 Å². The van der Waals surface area contributed by atoms with Gasteiger partial charge in [-0.1, -0.05) is 54.3 Å². The maximum atomic E-state index is 5.21. The van der Waals surface area contributed by atoms with Crippen LogP contribution in [0.3, 0.4) is 0 Å². The average Bonchev–Trinajstić information content (AvgIpc) is 2.72. The lowest BCUT2D eigenvalue weighted by Gasteiger charge is -2.28. The number of nitrogens with one attached hydrogen (secondary N) is 1. The van der Waals surface area contributed by atoms with Crippen molar-refractivity contribution < 1.29 is 4.74 Å². The van der Waals surface area contributed by atoms with Crippen LogP contribution in [0.1, 0.15) is 33.9 Å². The standard InChI is InChI=1S/C24H21NO/c1-26-21-14-11-18(12-15-21)10-13-19-6-2-4-8-22(19)24-23-9-5-3-7-20(23)16-17-25-24/h2-9,11-12,14-15,24-25H,16-17H2,1H3. The summed E-state index contributed by atoms with van der Waals surface area (Å²) < 4.78 is 5.21. The van der Waals surface area contributed by atoms with E-state index in [1.165, 1.54) is 16.7 Å². The molecule has 1 aliphatic heterocycles. The summed E-state index contributed by atoms with van der Waals surface area (Å²) in [5.41, 5.74) is 6.07. The highest BCUT2D eigenvalue weighted by Crippen LogP contribution is 2.30. The third kappa shape index (κ3) is 3.35. The third-order valence-electron chi connectivity index (χ3n) is 4.81. The molecule has 3 aromatic rings. The van der Waals surface area contributed by atoms with E-state index in [1.807, 2.05) is 24.3 Å². The fourth-order valence-corrected chi connectivity index (χ4v) is 3.46. The summed E-state index contributed by atoms with van der Waals surface area (Å²) >= 11 is 0. The van der Waals surface area contributed by atoms with Gasteiger partial charge in [0.05, 0.1) is 13.2 Å². The van der Waals surface area contributed by atoms with E-state index in [4.69, 9.17) is 4.74 Å². The molecular weight excluding hydrogens is 318 g/mol. The van der Waals surface area contributed by atoms with Gasteiger partial charge in [0, 0.05) is 17.7 Å². The van der Waals surface area contributed by atoms with Crippen molar-refractivity contribution in [1.29, 1.82) is 0 Å². The maximum absolute atomic E-state index is 5.21. The van der Waals surface area contributed by atoms with Gasteiger partial charge in [0.2, 0.25) is 0 Å². The topological polar surface area (TPSA) is 21.3 Å². The first-order chi connectivity index (χ1) is 12.8. The van der Waals surface area contributed by atoms with Crippen molar-refractivity contribution >= 4 is 0 Å². The fraction of sp³-hybridized carbons (Fsp3) is 0.167. The lowest BCUT2D eigenvalue weighted by Crippen LogP contribution is -2.31. The second-order valence-corrected chi connectivity index (χ2v) is 6.40. The molecule has 0 saturated carbocycles. The van der Waals surface area contributed by atoms with E-state index in [0.717, 1.165) is 29.8 Å². The zero-order valence-electron chi connectivity index (χ0n) is 14.8. The highest BCUT2D eigenvalue weighted by molar-refractivity contribution is 5.51. The van der Waals surface area contributed by atoms with E-state index in [0.29, 0.717) is 0 Å².